The molecule has 2 amide bonds. The van der Waals surface area contributed by atoms with Gasteiger partial charge in [-0.25, -0.2) is 4.79 Å². The summed E-state index contributed by atoms with van der Waals surface area (Å²) < 4.78 is 4.74. The Morgan fingerprint density at radius 2 is 1.64 bits per heavy atom. The van der Waals surface area contributed by atoms with Crippen LogP contribution in [-0.4, -0.2) is 31.4 Å². The van der Waals surface area contributed by atoms with Gasteiger partial charge >= 0.3 is 5.97 Å². The number of amides is 2. The van der Waals surface area contributed by atoms with Gasteiger partial charge in [-0.1, -0.05) is 42.5 Å². The van der Waals surface area contributed by atoms with Crippen LogP contribution in [0.4, 0.5) is 5.69 Å². The molecule has 2 rings (SSSR count). The predicted molar refractivity (Wildman–Crippen MR) is 94.1 cm³/mol. The number of rotatable bonds is 6. The Labute approximate surface area is 146 Å². The first-order chi connectivity index (χ1) is 12.0. The molecule has 2 aromatic rings. The van der Waals surface area contributed by atoms with Crippen LogP contribution in [0.25, 0.3) is 0 Å². The zero-order valence-corrected chi connectivity index (χ0v) is 14.2. The number of methoxy groups -OCH3 is 1. The molecule has 6 heteroatoms. The number of carbonyl (C=O) groups is 3. The average Bonchev–Trinajstić information content (AvgIpc) is 2.64. The Morgan fingerprint density at radius 3 is 2.28 bits per heavy atom. The van der Waals surface area contributed by atoms with Crippen molar-refractivity contribution in [2.75, 3.05) is 18.6 Å². The van der Waals surface area contributed by atoms with Crippen LogP contribution in [0.3, 0.4) is 0 Å². The van der Waals surface area contributed by atoms with Gasteiger partial charge < -0.3 is 15.0 Å². The van der Waals surface area contributed by atoms with Gasteiger partial charge in [0.2, 0.25) is 11.8 Å². The first-order valence-electron chi connectivity index (χ1n) is 7.79. The van der Waals surface area contributed by atoms with Crippen LogP contribution in [-0.2, 0) is 20.9 Å². The van der Waals surface area contributed by atoms with E-state index in [9.17, 15) is 14.4 Å². The highest BCUT2D eigenvalue weighted by atomic mass is 16.5. The van der Waals surface area contributed by atoms with Gasteiger partial charge in [-0.15, -0.1) is 0 Å². The van der Waals surface area contributed by atoms with Crippen molar-refractivity contribution in [2.45, 2.75) is 13.5 Å². The molecule has 130 valence electrons. The minimum absolute atomic E-state index is 0.184. The van der Waals surface area contributed by atoms with Gasteiger partial charge in [0, 0.05) is 13.5 Å². The van der Waals surface area contributed by atoms with Crippen LogP contribution in [0.15, 0.2) is 54.6 Å². The van der Waals surface area contributed by atoms with E-state index >= 15 is 0 Å². The molecule has 6 nitrogen and oxygen atoms in total. The zero-order chi connectivity index (χ0) is 18.2. The summed E-state index contributed by atoms with van der Waals surface area (Å²) in [5.74, 6) is -1.23. The van der Waals surface area contributed by atoms with Crippen molar-refractivity contribution in [1.29, 1.82) is 0 Å². The third-order valence-corrected chi connectivity index (χ3v) is 3.61. The second-order valence-electron chi connectivity index (χ2n) is 5.38. The summed E-state index contributed by atoms with van der Waals surface area (Å²) in [4.78, 5) is 37.4. The van der Waals surface area contributed by atoms with Crippen LogP contribution < -0.4 is 10.2 Å². The lowest BCUT2D eigenvalue weighted by atomic mass is 10.1. The third-order valence-electron chi connectivity index (χ3n) is 3.61. The summed E-state index contributed by atoms with van der Waals surface area (Å²) >= 11 is 0. The molecule has 0 spiro atoms. The maximum Gasteiger partial charge on any atom is 0.339 e. The van der Waals surface area contributed by atoms with Crippen LogP contribution >= 0.6 is 0 Å². The maximum absolute atomic E-state index is 12.2. The van der Waals surface area contributed by atoms with Gasteiger partial charge in [0.05, 0.1) is 18.4 Å². The molecular weight excluding hydrogens is 320 g/mol. The molecule has 25 heavy (non-hydrogen) atoms. The summed E-state index contributed by atoms with van der Waals surface area (Å²) in [7, 11) is 1.27. The van der Waals surface area contributed by atoms with Crippen LogP contribution in [0.1, 0.15) is 22.8 Å². The fourth-order valence-electron chi connectivity index (χ4n) is 2.35. The van der Waals surface area contributed by atoms with Crippen LogP contribution in [0, 0.1) is 0 Å². The number of carbonyl (C=O) groups excluding carboxylic acids is 3. The number of nitrogens with one attached hydrogen (secondary N) is 1. The van der Waals surface area contributed by atoms with Crippen molar-refractivity contribution in [1.82, 2.24) is 5.32 Å². The van der Waals surface area contributed by atoms with E-state index in [0.717, 1.165) is 5.56 Å². The lowest BCUT2D eigenvalue weighted by molar-refractivity contribution is -0.123. The molecule has 0 radical (unpaired) electrons. The molecule has 0 unspecified atom stereocenters. The Balaban J connectivity index is 2.12. The molecule has 0 aliphatic carbocycles. The molecule has 0 bridgehead atoms. The lowest BCUT2D eigenvalue weighted by Gasteiger charge is -2.22. The molecule has 0 aliphatic rings. The fraction of sp³-hybridized carbons (Fsp3) is 0.211. The highest BCUT2D eigenvalue weighted by molar-refractivity contribution is 6.04. The summed E-state index contributed by atoms with van der Waals surface area (Å²) in [6.45, 7) is 1.53. The summed E-state index contributed by atoms with van der Waals surface area (Å²) in [6, 6.07) is 16.0. The largest absolute Gasteiger partial charge is 0.465 e. The predicted octanol–water partition coefficient (Wildman–Crippen LogP) is 2.14. The Bertz CT molecular complexity index is 759. The number of benzene rings is 2. The maximum atomic E-state index is 12.2. The van der Waals surface area contributed by atoms with Gasteiger partial charge in [0.25, 0.3) is 0 Å². The monoisotopic (exact) mass is 340 g/mol. The normalized spacial score (nSPS) is 10.0. The molecule has 0 saturated heterocycles. The van der Waals surface area contributed by atoms with Gasteiger partial charge in [0.15, 0.2) is 0 Å². The van der Waals surface area contributed by atoms with Crippen molar-refractivity contribution in [3.8, 4) is 0 Å². The highest BCUT2D eigenvalue weighted by Gasteiger charge is 2.21. The summed E-state index contributed by atoms with van der Waals surface area (Å²) in [5, 5.41) is 2.77. The minimum atomic E-state index is -0.563. The van der Waals surface area contributed by atoms with E-state index in [2.05, 4.69) is 5.32 Å². The molecule has 0 heterocycles. The fourth-order valence-corrected chi connectivity index (χ4v) is 2.35. The third kappa shape index (κ3) is 4.91. The van der Waals surface area contributed by atoms with Crippen molar-refractivity contribution in [2.24, 2.45) is 0 Å². The Kier molecular flexibility index (Phi) is 6.28. The van der Waals surface area contributed by atoms with Crippen LogP contribution in [0.2, 0.25) is 0 Å². The number of nitrogens with zero attached hydrogens (tertiary/aromatic N) is 1. The number of ether oxygens (including phenoxy) is 1. The second kappa shape index (κ2) is 8.63. The van der Waals surface area contributed by atoms with E-state index < -0.39 is 5.97 Å². The van der Waals surface area contributed by atoms with Gasteiger partial charge in [-0.2, -0.15) is 0 Å². The number of anilines is 1. The Morgan fingerprint density at radius 1 is 1.00 bits per heavy atom. The average molecular weight is 340 g/mol. The quantitative estimate of drug-likeness (QED) is 0.818. The SMILES string of the molecule is COC(=O)c1ccccc1N(CC(=O)NCc1ccccc1)C(C)=O. The molecule has 2 aromatic carbocycles. The highest BCUT2D eigenvalue weighted by Crippen LogP contribution is 2.21. The molecule has 0 atom stereocenters. The van der Waals surface area contributed by atoms with Gasteiger partial charge in [0.1, 0.15) is 6.54 Å². The smallest absolute Gasteiger partial charge is 0.339 e. The van der Waals surface area contributed by atoms with E-state index in [1.165, 1.54) is 18.9 Å². The minimum Gasteiger partial charge on any atom is -0.465 e. The van der Waals surface area contributed by atoms with Crippen molar-refractivity contribution in [3.05, 3.63) is 65.7 Å². The molecule has 0 aromatic heterocycles. The van der Waals surface area contributed by atoms with E-state index in [1.807, 2.05) is 30.3 Å². The molecule has 0 fully saturated rings. The molecule has 1 N–H and O–H groups in total. The van der Waals surface area contributed by atoms with Crippen molar-refractivity contribution in [3.63, 3.8) is 0 Å². The first kappa shape index (κ1) is 18.2. The topological polar surface area (TPSA) is 75.7 Å². The summed E-state index contributed by atoms with van der Waals surface area (Å²) in [6.07, 6.45) is 0. The molecule has 0 saturated carbocycles. The van der Waals surface area contributed by atoms with Crippen LogP contribution in [0.5, 0.6) is 0 Å². The van der Waals surface area contributed by atoms with Gasteiger partial charge in [-0.05, 0) is 17.7 Å². The summed E-state index contributed by atoms with van der Waals surface area (Å²) in [5.41, 5.74) is 1.54. The standard InChI is InChI=1S/C19H20N2O4/c1-14(22)21(17-11-7-6-10-16(17)19(24)25-2)13-18(23)20-12-15-8-4-3-5-9-15/h3-11H,12-13H2,1-2H3,(H,20,23). The zero-order valence-electron chi connectivity index (χ0n) is 14.2. The number of hydrogen-bond acceptors (Lipinski definition) is 4. The molecule has 0 aliphatic heterocycles. The van der Waals surface area contributed by atoms with Crippen molar-refractivity contribution >= 4 is 23.5 Å². The van der Waals surface area contributed by atoms with Gasteiger partial charge in [-0.3, -0.25) is 9.59 Å². The lowest BCUT2D eigenvalue weighted by Crippen LogP contribution is -2.40. The number of para-hydroxylation sites is 1. The van der Waals surface area contributed by atoms with E-state index in [4.69, 9.17) is 4.74 Å². The van der Waals surface area contributed by atoms with Crippen molar-refractivity contribution < 1.29 is 19.1 Å². The second-order valence-corrected chi connectivity index (χ2v) is 5.38. The van der Waals surface area contributed by atoms with E-state index in [-0.39, 0.29) is 23.9 Å². The number of esters is 1. The Hall–Kier alpha value is -3.15. The first-order valence-corrected chi connectivity index (χ1v) is 7.79. The van der Waals surface area contributed by atoms with E-state index in [0.29, 0.717) is 12.2 Å². The van der Waals surface area contributed by atoms with E-state index in [1.54, 1.807) is 24.3 Å². The molecular formula is C19H20N2O4. The number of hydrogen-bond donors (Lipinski definition) is 1.